The van der Waals surface area contributed by atoms with Crippen molar-refractivity contribution in [3.8, 4) is 0 Å². The number of carboxylic acid groups (broad SMARTS) is 1. The standard InChI is InChI=1S/C18H23FN4O2/c1-22-15-4-2-3-14(19)17(15)21-18(22)20-12-7-13(8-12)23(10-16(24)25)9-11-5-6-11/h2-4,11-13H,5-10H2,1H3,(H,20,21)(H,24,25). The average molecular weight is 346 g/mol. The lowest BCUT2D eigenvalue weighted by atomic mass is 9.85. The van der Waals surface area contributed by atoms with Gasteiger partial charge < -0.3 is 15.0 Å². The zero-order valence-corrected chi connectivity index (χ0v) is 14.3. The van der Waals surface area contributed by atoms with Crippen LogP contribution in [0.15, 0.2) is 18.2 Å². The van der Waals surface area contributed by atoms with Crippen molar-refractivity contribution in [3.63, 3.8) is 0 Å². The molecule has 0 atom stereocenters. The summed E-state index contributed by atoms with van der Waals surface area (Å²) in [6.45, 7) is 1.01. The lowest BCUT2D eigenvalue weighted by Crippen LogP contribution is -2.52. The van der Waals surface area contributed by atoms with Crippen LogP contribution in [0.5, 0.6) is 0 Å². The number of hydrogen-bond donors (Lipinski definition) is 2. The van der Waals surface area contributed by atoms with Crippen LogP contribution >= 0.6 is 0 Å². The number of carboxylic acids is 1. The quantitative estimate of drug-likeness (QED) is 0.806. The van der Waals surface area contributed by atoms with Crippen molar-refractivity contribution in [2.75, 3.05) is 18.4 Å². The van der Waals surface area contributed by atoms with Gasteiger partial charge in [-0.15, -0.1) is 0 Å². The normalized spacial score (nSPS) is 23.0. The Morgan fingerprint density at radius 3 is 2.84 bits per heavy atom. The van der Waals surface area contributed by atoms with E-state index in [2.05, 4.69) is 15.2 Å². The number of aryl methyl sites for hydroxylation is 1. The largest absolute Gasteiger partial charge is 0.480 e. The molecule has 2 saturated carbocycles. The van der Waals surface area contributed by atoms with E-state index in [1.54, 1.807) is 6.07 Å². The van der Waals surface area contributed by atoms with E-state index in [1.807, 2.05) is 17.7 Å². The summed E-state index contributed by atoms with van der Waals surface area (Å²) in [6, 6.07) is 5.51. The van der Waals surface area contributed by atoms with E-state index >= 15 is 0 Å². The summed E-state index contributed by atoms with van der Waals surface area (Å²) in [6.07, 6.45) is 4.23. The van der Waals surface area contributed by atoms with E-state index in [-0.39, 0.29) is 18.4 Å². The van der Waals surface area contributed by atoms with Crippen LogP contribution in [0, 0.1) is 11.7 Å². The van der Waals surface area contributed by atoms with Crippen molar-refractivity contribution in [2.45, 2.75) is 37.8 Å². The van der Waals surface area contributed by atoms with Gasteiger partial charge in [-0.2, -0.15) is 0 Å². The van der Waals surface area contributed by atoms with Crippen LogP contribution in [0.2, 0.25) is 0 Å². The van der Waals surface area contributed by atoms with Crippen LogP contribution in [-0.4, -0.2) is 50.7 Å². The van der Waals surface area contributed by atoms with Crippen LogP contribution in [0.4, 0.5) is 10.3 Å². The Bertz CT molecular complexity index is 796. The number of hydrogen-bond acceptors (Lipinski definition) is 4. The highest BCUT2D eigenvalue weighted by atomic mass is 19.1. The smallest absolute Gasteiger partial charge is 0.317 e. The first-order valence-corrected chi connectivity index (χ1v) is 8.84. The molecule has 2 aliphatic carbocycles. The maximum Gasteiger partial charge on any atom is 0.317 e. The second-order valence-corrected chi connectivity index (χ2v) is 7.34. The first-order valence-electron chi connectivity index (χ1n) is 8.84. The van der Waals surface area contributed by atoms with Crippen molar-refractivity contribution < 1.29 is 14.3 Å². The molecule has 7 heteroatoms. The number of para-hydroxylation sites is 1. The van der Waals surface area contributed by atoms with E-state index in [4.69, 9.17) is 5.11 Å². The minimum atomic E-state index is -0.761. The number of aliphatic carboxylic acids is 1. The molecule has 4 rings (SSSR count). The van der Waals surface area contributed by atoms with Gasteiger partial charge in [0.2, 0.25) is 5.95 Å². The van der Waals surface area contributed by atoms with Crippen LogP contribution in [-0.2, 0) is 11.8 Å². The molecular weight excluding hydrogens is 323 g/mol. The van der Waals surface area contributed by atoms with Crippen LogP contribution in [0.3, 0.4) is 0 Å². The number of anilines is 1. The molecule has 2 aliphatic rings. The van der Waals surface area contributed by atoms with E-state index < -0.39 is 5.97 Å². The van der Waals surface area contributed by atoms with Crippen molar-refractivity contribution >= 4 is 23.0 Å². The molecule has 6 nitrogen and oxygen atoms in total. The highest BCUT2D eigenvalue weighted by Gasteiger charge is 2.37. The van der Waals surface area contributed by atoms with Gasteiger partial charge in [-0.3, -0.25) is 9.69 Å². The second-order valence-electron chi connectivity index (χ2n) is 7.34. The van der Waals surface area contributed by atoms with Gasteiger partial charge in [-0.05, 0) is 43.7 Å². The molecular formula is C18H23FN4O2. The van der Waals surface area contributed by atoms with Crippen molar-refractivity contribution in [3.05, 3.63) is 24.0 Å². The lowest BCUT2D eigenvalue weighted by Gasteiger charge is -2.42. The molecule has 2 N–H and O–H groups in total. The summed E-state index contributed by atoms with van der Waals surface area (Å²) in [5.41, 5.74) is 1.14. The topological polar surface area (TPSA) is 70.4 Å². The van der Waals surface area contributed by atoms with Gasteiger partial charge >= 0.3 is 5.97 Å². The minimum Gasteiger partial charge on any atom is -0.480 e. The predicted molar refractivity (Wildman–Crippen MR) is 93.0 cm³/mol. The molecule has 0 amide bonds. The highest BCUT2D eigenvalue weighted by molar-refractivity contribution is 5.79. The third-order valence-corrected chi connectivity index (χ3v) is 5.35. The molecule has 0 bridgehead atoms. The fourth-order valence-electron chi connectivity index (χ4n) is 3.64. The number of aromatic nitrogens is 2. The van der Waals surface area contributed by atoms with Gasteiger partial charge in [-0.25, -0.2) is 9.37 Å². The van der Waals surface area contributed by atoms with Gasteiger partial charge in [0, 0.05) is 25.7 Å². The first-order chi connectivity index (χ1) is 12.0. The SMILES string of the molecule is Cn1c(NC2CC(N(CC(=O)O)CC3CC3)C2)nc2c(F)cccc21. The van der Waals surface area contributed by atoms with Crippen LogP contribution in [0.25, 0.3) is 11.0 Å². The van der Waals surface area contributed by atoms with E-state index in [0.717, 1.165) is 24.9 Å². The Morgan fingerprint density at radius 2 is 2.20 bits per heavy atom. The second kappa shape index (κ2) is 6.29. The number of rotatable bonds is 7. The molecule has 0 unspecified atom stereocenters. The molecule has 2 aromatic rings. The number of fused-ring (bicyclic) bond motifs is 1. The van der Waals surface area contributed by atoms with E-state index in [1.165, 1.54) is 18.9 Å². The fourth-order valence-corrected chi connectivity index (χ4v) is 3.64. The Kier molecular flexibility index (Phi) is 4.11. The minimum absolute atomic E-state index is 0.116. The van der Waals surface area contributed by atoms with E-state index in [9.17, 15) is 9.18 Å². The number of nitrogens with zero attached hydrogens (tertiary/aromatic N) is 3. The summed E-state index contributed by atoms with van der Waals surface area (Å²) in [5, 5.41) is 12.5. The average Bonchev–Trinajstić information content (AvgIpc) is 3.27. The molecule has 1 heterocycles. The Balaban J connectivity index is 1.40. The number of benzene rings is 1. The summed E-state index contributed by atoms with van der Waals surface area (Å²) in [4.78, 5) is 17.6. The van der Waals surface area contributed by atoms with Crippen molar-refractivity contribution in [1.82, 2.24) is 14.5 Å². The molecule has 1 aromatic heterocycles. The van der Waals surface area contributed by atoms with E-state index in [0.29, 0.717) is 23.4 Å². The number of imidazole rings is 1. The van der Waals surface area contributed by atoms with Gasteiger partial charge in [0.05, 0.1) is 12.1 Å². The van der Waals surface area contributed by atoms with Crippen molar-refractivity contribution in [2.24, 2.45) is 13.0 Å². The Labute approximate surface area is 145 Å². The third kappa shape index (κ3) is 3.33. The Hall–Kier alpha value is -2.15. The summed E-state index contributed by atoms with van der Waals surface area (Å²) >= 11 is 0. The fraction of sp³-hybridized carbons (Fsp3) is 0.556. The molecule has 0 radical (unpaired) electrons. The Morgan fingerprint density at radius 1 is 1.44 bits per heavy atom. The predicted octanol–water partition coefficient (Wildman–Crippen LogP) is 2.45. The molecule has 0 spiro atoms. The maximum atomic E-state index is 13.9. The van der Waals surface area contributed by atoms with Gasteiger partial charge in [-0.1, -0.05) is 6.07 Å². The molecule has 134 valence electrons. The molecule has 0 aliphatic heterocycles. The van der Waals surface area contributed by atoms with Crippen molar-refractivity contribution in [1.29, 1.82) is 0 Å². The highest BCUT2D eigenvalue weighted by Crippen LogP contribution is 2.35. The third-order valence-electron chi connectivity index (χ3n) is 5.35. The van der Waals surface area contributed by atoms with Gasteiger partial charge in [0.1, 0.15) is 5.52 Å². The number of halogens is 1. The number of nitrogens with one attached hydrogen (secondary N) is 1. The molecule has 0 saturated heterocycles. The zero-order valence-electron chi connectivity index (χ0n) is 14.3. The first kappa shape index (κ1) is 16.3. The molecule has 2 fully saturated rings. The monoisotopic (exact) mass is 346 g/mol. The number of carbonyl (C=O) groups is 1. The lowest BCUT2D eigenvalue weighted by molar-refractivity contribution is -0.139. The zero-order chi connectivity index (χ0) is 17.6. The van der Waals surface area contributed by atoms with Gasteiger partial charge in [0.25, 0.3) is 0 Å². The van der Waals surface area contributed by atoms with Gasteiger partial charge in [0.15, 0.2) is 5.82 Å². The maximum absolute atomic E-state index is 13.9. The van der Waals surface area contributed by atoms with Crippen LogP contribution < -0.4 is 5.32 Å². The summed E-state index contributed by atoms with van der Waals surface area (Å²) < 4.78 is 15.7. The summed E-state index contributed by atoms with van der Waals surface area (Å²) in [7, 11) is 1.87. The summed E-state index contributed by atoms with van der Waals surface area (Å²) in [5.74, 6) is 0.261. The van der Waals surface area contributed by atoms with Crippen LogP contribution in [0.1, 0.15) is 25.7 Å². The molecule has 25 heavy (non-hydrogen) atoms. The molecule has 1 aromatic carbocycles.